The molecule has 0 radical (unpaired) electrons. The van der Waals surface area contributed by atoms with Crippen LogP contribution in [0.2, 0.25) is 0 Å². The average Bonchev–Trinajstić information content (AvgIpc) is 2.66. The number of phosphoric acid groups is 1. The van der Waals surface area contributed by atoms with Crippen LogP contribution in [-0.4, -0.2) is 22.5 Å². The van der Waals surface area contributed by atoms with E-state index >= 15 is 0 Å². The van der Waals surface area contributed by atoms with Gasteiger partial charge in [-0.15, -0.1) is 0 Å². The van der Waals surface area contributed by atoms with Crippen LogP contribution in [0.15, 0.2) is 30.3 Å². The van der Waals surface area contributed by atoms with Crippen molar-refractivity contribution >= 4 is 7.82 Å². The Labute approximate surface area is 171 Å². The van der Waals surface area contributed by atoms with Crippen molar-refractivity contribution in [3.05, 3.63) is 30.3 Å². The zero-order valence-corrected chi connectivity index (χ0v) is 18.3. The molecule has 0 spiro atoms. The lowest BCUT2D eigenvalue weighted by molar-refractivity contribution is 0.0818. The molecule has 162 valence electrons. The van der Waals surface area contributed by atoms with Crippen molar-refractivity contribution in [2.45, 2.75) is 96.5 Å². The molecular weight excluding hydrogens is 375 g/mol. The minimum Gasteiger partial charge on any atom is -0.491 e. The molecule has 0 aliphatic carbocycles. The Kier molecular flexibility index (Phi) is 14.4. The first-order valence-electron chi connectivity index (χ1n) is 10.9. The summed E-state index contributed by atoms with van der Waals surface area (Å²) in [6, 6.07) is 9.25. The van der Waals surface area contributed by atoms with Crippen LogP contribution >= 0.6 is 7.82 Å². The summed E-state index contributed by atoms with van der Waals surface area (Å²) in [5.74, 6) is 0.677. The zero-order valence-electron chi connectivity index (χ0n) is 17.4. The van der Waals surface area contributed by atoms with Crippen LogP contribution in [0.3, 0.4) is 0 Å². The molecular formula is C22H39O5P. The lowest BCUT2D eigenvalue weighted by Gasteiger charge is -2.18. The van der Waals surface area contributed by atoms with E-state index < -0.39 is 13.9 Å². The van der Waals surface area contributed by atoms with E-state index in [4.69, 9.17) is 19.0 Å². The van der Waals surface area contributed by atoms with Gasteiger partial charge in [-0.3, -0.25) is 4.52 Å². The monoisotopic (exact) mass is 414 g/mol. The normalized spacial score (nSPS) is 12.8. The smallest absolute Gasteiger partial charge is 0.469 e. The quantitative estimate of drug-likeness (QED) is 0.208. The summed E-state index contributed by atoms with van der Waals surface area (Å²) < 4.78 is 21.7. The standard InChI is InChI=1S/C22H39O5P/c1-2-3-4-5-6-7-8-9-10-11-12-14-19-22(27-28(23,24)25)20-26-21-17-15-13-16-18-21/h13,15-18,22H,2-12,14,19-20H2,1H3,(H2,23,24,25). The number of ether oxygens (including phenoxy) is 1. The average molecular weight is 415 g/mol. The summed E-state index contributed by atoms with van der Waals surface area (Å²) >= 11 is 0. The summed E-state index contributed by atoms with van der Waals surface area (Å²) in [5.41, 5.74) is 0. The van der Waals surface area contributed by atoms with Gasteiger partial charge in [0.1, 0.15) is 18.5 Å². The lowest BCUT2D eigenvalue weighted by atomic mass is 10.0. The molecule has 1 unspecified atom stereocenters. The van der Waals surface area contributed by atoms with E-state index in [0.29, 0.717) is 12.2 Å². The Hall–Kier alpha value is -0.870. The van der Waals surface area contributed by atoms with Crippen LogP contribution in [0.25, 0.3) is 0 Å². The van der Waals surface area contributed by atoms with Crippen molar-refractivity contribution in [1.29, 1.82) is 0 Å². The maximum absolute atomic E-state index is 11.2. The fraction of sp³-hybridized carbons (Fsp3) is 0.727. The molecule has 2 N–H and O–H groups in total. The van der Waals surface area contributed by atoms with E-state index in [1.165, 1.54) is 57.8 Å². The fourth-order valence-electron chi connectivity index (χ4n) is 3.28. The van der Waals surface area contributed by atoms with Crippen LogP contribution in [-0.2, 0) is 9.09 Å². The van der Waals surface area contributed by atoms with E-state index in [9.17, 15) is 4.57 Å². The molecule has 0 aliphatic rings. The minimum absolute atomic E-state index is 0.146. The summed E-state index contributed by atoms with van der Waals surface area (Å²) in [7, 11) is -4.51. The van der Waals surface area contributed by atoms with Crippen LogP contribution in [0.4, 0.5) is 0 Å². The number of rotatable bonds is 18. The fourth-order valence-corrected chi connectivity index (χ4v) is 3.83. The highest BCUT2D eigenvalue weighted by molar-refractivity contribution is 7.46. The number of hydrogen-bond donors (Lipinski definition) is 2. The van der Waals surface area contributed by atoms with E-state index in [2.05, 4.69) is 6.92 Å². The van der Waals surface area contributed by atoms with Crippen LogP contribution in [0, 0.1) is 0 Å². The molecule has 1 aromatic carbocycles. The van der Waals surface area contributed by atoms with Gasteiger partial charge in [0.05, 0.1) is 0 Å². The Bertz CT molecular complexity index is 517. The van der Waals surface area contributed by atoms with E-state index in [1.54, 1.807) is 0 Å². The molecule has 1 aromatic rings. The van der Waals surface area contributed by atoms with Crippen molar-refractivity contribution < 1.29 is 23.6 Å². The molecule has 1 atom stereocenters. The number of benzene rings is 1. The van der Waals surface area contributed by atoms with E-state index in [1.807, 2.05) is 30.3 Å². The molecule has 0 amide bonds. The van der Waals surface area contributed by atoms with Crippen molar-refractivity contribution in [2.24, 2.45) is 0 Å². The van der Waals surface area contributed by atoms with Gasteiger partial charge in [-0.25, -0.2) is 4.57 Å². The van der Waals surface area contributed by atoms with Crippen LogP contribution < -0.4 is 4.74 Å². The largest absolute Gasteiger partial charge is 0.491 e. The van der Waals surface area contributed by atoms with Crippen molar-refractivity contribution in [2.75, 3.05) is 6.61 Å². The number of para-hydroxylation sites is 1. The molecule has 0 aliphatic heterocycles. The van der Waals surface area contributed by atoms with Gasteiger partial charge in [0.15, 0.2) is 0 Å². The topological polar surface area (TPSA) is 76.0 Å². The molecule has 0 aromatic heterocycles. The van der Waals surface area contributed by atoms with Crippen LogP contribution in [0.1, 0.15) is 90.4 Å². The third kappa shape index (κ3) is 15.1. The molecule has 5 nitrogen and oxygen atoms in total. The van der Waals surface area contributed by atoms with Gasteiger partial charge in [-0.2, -0.15) is 0 Å². The molecule has 0 saturated heterocycles. The minimum atomic E-state index is -4.51. The molecule has 0 fully saturated rings. The molecule has 6 heteroatoms. The predicted octanol–water partition coefficient (Wildman–Crippen LogP) is 6.63. The van der Waals surface area contributed by atoms with Gasteiger partial charge in [0.25, 0.3) is 0 Å². The second-order valence-electron chi connectivity index (χ2n) is 7.52. The number of unbranched alkanes of at least 4 members (excludes halogenated alkanes) is 11. The molecule has 28 heavy (non-hydrogen) atoms. The summed E-state index contributed by atoms with van der Waals surface area (Å²) in [4.78, 5) is 18.2. The van der Waals surface area contributed by atoms with Crippen molar-refractivity contribution in [3.8, 4) is 5.75 Å². The highest BCUT2D eigenvalue weighted by Crippen LogP contribution is 2.38. The lowest BCUT2D eigenvalue weighted by Crippen LogP contribution is -2.20. The Balaban J connectivity index is 2.09. The van der Waals surface area contributed by atoms with Gasteiger partial charge in [0.2, 0.25) is 0 Å². The summed E-state index contributed by atoms with van der Waals surface area (Å²) in [5, 5.41) is 0. The molecule has 0 bridgehead atoms. The van der Waals surface area contributed by atoms with Crippen molar-refractivity contribution in [3.63, 3.8) is 0 Å². The van der Waals surface area contributed by atoms with Crippen LogP contribution in [0.5, 0.6) is 5.75 Å². The highest BCUT2D eigenvalue weighted by atomic mass is 31.2. The summed E-state index contributed by atoms with van der Waals surface area (Å²) in [6.07, 6.45) is 15.1. The number of hydrogen-bond acceptors (Lipinski definition) is 3. The maximum Gasteiger partial charge on any atom is 0.469 e. The molecule has 0 saturated carbocycles. The SMILES string of the molecule is CCCCCCCCCCCCCCC(COc1ccccc1)OP(=O)(O)O. The molecule has 0 heterocycles. The van der Waals surface area contributed by atoms with Gasteiger partial charge in [0, 0.05) is 0 Å². The van der Waals surface area contributed by atoms with Gasteiger partial charge in [-0.1, -0.05) is 102 Å². The first-order chi connectivity index (χ1) is 13.5. The van der Waals surface area contributed by atoms with E-state index in [-0.39, 0.29) is 6.61 Å². The third-order valence-electron chi connectivity index (χ3n) is 4.85. The zero-order chi connectivity index (χ0) is 20.5. The third-order valence-corrected chi connectivity index (χ3v) is 5.42. The highest BCUT2D eigenvalue weighted by Gasteiger charge is 2.22. The first-order valence-corrected chi connectivity index (χ1v) is 12.5. The second-order valence-corrected chi connectivity index (χ2v) is 8.71. The van der Waals surface area contributed by atoms with Crippen molar-refractivity contribution in [1.82, 2.24) is 0 Å². The van der Waals surface area contributed by atoms with E-state index in [0.717, 1.165) is 19.3 Å². The second kappa shape index (κ2) is 16.0. The Morgan fingerprint density at radius 3 is 1.82 bits per heavy atom. The Morgan fingerprint density at radius 2 is 1.32 bits per heavy atom. The summed E-state index contributed by atoms with van der Waals surface area (Å²) in [6.45, 7) is 2.39. The number of phosphoric ester groups is 1. The van der Waals surface area contributed by atoms with Gasteiger partial charge < -0.3 is 14.5 Å². The van der Waals surface area contributed by atoms with Gasteiger partial charge in [-0.05, 0) is 18.6 Å². The predicted molar refractivity (Wildman–Crippen MR) is 115 cm³/mol. The maximum atomic E-state index is 11.2. The van der Waals surface area contributed by atoms with Gasteiger partial charge >= 0.3 is 7.82 Å². The first kappa shape index (κ1) is 25.2. The molecule has 1 rings (SSSR count). The Morgan fingerprint density at radius 1 is 0.821 bits per heavy atom.